The molecule has 0 bridgehead atoms. The molecule has 0 fully saturated rings. The third-order valence-corrected chi connectivity index (χ3v) is 4.36. The Labute approximate surface area is 123 Å². The number of fused-ring (bicyclic) bond motifs is 1. The minimum Gasteiger partial charge on any atom is -0.388 e. The molecular formula is C16H11F3OS. The third-order valence-electron chi connectivity index (χ3n) is 3.35. The first-order chi connectivity index (χ1) is 10.1. The highest BCUT2D eigenvalue weighted by atomic mass is 32.1. The Hall–Kier alpha value is -1.85. The maximum atomic E-state index is 13.7. The zero-order chi connectivity index (χ0) is 15.0. The van der Waals surface area contributed by atoms with Gasteiger partial charge in [-0.3, -0.25) is 0 Å². The predicted octanol–water partition coefficient (Wildman–Crippen LogP) is 4.59. The second-order valence-corrected chi connectivity index (χ2v) is 5.67. The highest BCUT2D eigenvalue weighted by Gasteiger charge is 2.21. The van der Waals surface area contributed by atoms with Crippen LogP contribution >= 0.6 is 11.3 Å². The Balaban J connectivity index is 1.95. The Kier molecular flexibility index (Phi) is 3.69. The largest absolute Gasteiger partial charge is 0.388 e. The lowest BCUT2D eigenvalue weighted by Gasteiger charge is -2.12. The van der Waals surface area contributed by atoms with Crippen LogP contribution in [0.5, 0.6) is 0 Å². The quantitative estimate of drug-likeness (QED) is 0.750. The molecule has 3 aromatic rings. The van der Waals surface area contributed by atoms with Gasteiger partial charge in [-0.25, -0.2) is 13.2 Å². The van der Waals surface area contributed by atoms with Gasteiger partial charge in [0.05, 0.1) is 11.7 Å². The summed E-state index contributed by atoms with van der Waals surface area (Å²) in [6, 6.07) is 8.75. The summed E-state index contributed by atoms with van der Waals surface area (Å²) < 4.78 is 41.3. The first kappa shape index (κ1) is 14.1. The van der Waals surface area contributed by atoms with Crippen molar-refractivity contribution < 1.29 is 18.3 Å². The Morgan fingerprint density at radius 1 is 1.05 bits per heavy atom. The van der Waals surface area contributed by atoms with Crippen molar-refractivity contribution in [1.29, 1.82) is 0 Å². The second-order valence-electron chi connectivity index (χ2n) is 4.76. The molecule has 1 atom stereocenters. The molecule has 1 nitrogen and oxygen atoms in total. The van der Waals surface area contributed by atoms with Crippen molar-refractivity contribution in [3.05, 3.63) is 70.4 Å². The van der Waals surface area contributed by atoms with E-state index in [0.29, 0.717) is 12.1 Å². The summed E-state index contributed by atoms with van der Waals surface area (Å²) in [7, 11) is 0. The lowest BCUT2D eigenvalue weighted by molar-refractivity contribution is 0.168. The Morgan fingerprint density at radius 3 is 2.43 bits per heavy atom. The molecule has 1 N–H and O–H groups in total. The molecule has 0 aliphatic carbocycles. The topological polar surface area (TPSA) is 20.2 Å². The molecule has 2 aromatic carbocycles. The summed E-state index contributed by atoms with van der Waals surface area (Å²) in [5.74, 6) is -3.14. The standard InChI is InChI=1S/C16H11F3OS/c17-10-6-12(18)16(13(19)7-10)14(20)5-9-8-21-15-4-2-1-3-11(9)15/h1-4,6-8,14,20H,5H2. The molecule has 0 radical (unpaired) electrons. The Morgan fingerprint density at radius 2 is 1.71 bits per heavy atom. The van der Waals surface area contributed by atoms with Crippen molar-refractivity contribution in [3.8, 4) is 0 Å². The zero-order valence-electron chi connectivity index (χ0n) is 10.8. The lowest BCUT2D eigenvalue weighted by atomic mass is 10.00. The van der Waals surface area contributed by atoms with Crippen molar-refractivity contribution >= 4 is 21.4 Å². The van der Waals surface area contributed by atoms with E-state index >= 15 is 0 Å². The van der Waals surface area contributed by atoms with Crippen LogP contribution in [0.25, 0.3) is 10.1 Å². The van der Waals surface area contributed by atoms with Gasteiger partial charge in [-0.2, -0.15) is 0 Å². The molecule has 0 spiro atoms. The molecule has 1 aromatic heterocycles. The van der Waals surface area contributed by atoms with Gasteiger partial charge in [-0.1, -0.05) is 18.2 Å². The summed E-state index contributed by atoms with van der Waals surface area (Å²) in [6.07, 6.45) is -1.28. The van der Waals surface area contributed by atoms with Crippen molar-refractivity contribution in [2.75, 3.05) is 0 Å². The molecule has 0 aliphatic heterocycles. The normalized spacial score (nSPS) is 12.8. The highest BCUT2D eigenvalue weighted by molar-refractivity contribution is 7.17. The van der Waals surface area contributed by atoms with Crippen LogP contribution in [-0.2, 0) is 6.42 Å². The maximum Gasteiger partial charge on any atom is 0.134 e. The molecule has 21 heavy (non-hydrogen) atoms. The van der Waals surface area contributed by atoms with Crippen LogP contribution in [0.15, 0.2) is 41.8 Å². The van der Waals surface area contributed by atoms with Crippen LogP contribution in [-0.4, -0.2) is 5.11 Å². The average molecular weight is 308 g/mol. The van der Waals surface area contributed by atoms with E-state index in [1.807, 2.05) is 29.6 Å². The summed E-state index contributed by atoms with van der Waals surface area (Å²) >= 11 is 1.50. The van der Waals surface area contributed by atoms with Gasteiger partial charge in [0, 0.05) is 23.3 Å². The zero-order valence-corrected chi connectivity index (χ0v) is 11.6. The molecule has 0 saturated carbocycles. The van der Waals surface area contributed by atoms with Crippen molar-refractivity contribution in [1.82, 2.24) is 0 Å². The minimum absolute atomic E-state index is 0.0729. The first-order valence-corrected chi connectivity index (χ1v) is 7.22. The maximum absolute atomic E-state index is 13.7. The van der Waals surface area contributed by atoms with Gasteiger partial charge < -0.3 is 5.11 Å². The fraction of sp³-hybridized carbons (Fsp3) is 0.125. The molecule has 108 valence electrons. The van der Waals surface area contributed by atoms with Gasteiger partial charge in [0.15, 0.2) is 0 Å². The van der Waals surface area contributed by atoms with E-state index < -0.39 is 29.1 Å². The third kappa shape index (κ3) is 2.66. The van der Waals surface area contributed by atoms with Crippen molar-refractivity contribution in [2.45, 2.75) is 12.5 Å². The SMILES string of the molecule is OC(Cc1csc2ccccc12)c1c(F)cc(F)cc1F. The number of halogens is 3. The van der Waals surface area contributed by atoms with Crippen LogP contribution in [0.4, 0.5) is 13.2 Å². The molecule has 0 aliphatic rings. The van der Waals surface area contributed by atoms with Crippen LogP contribution in [0.1, 0.15) is 17.2 Å². The molecule has 1 heterocycles. The summed E-state index contributed by atoms with van der Waals surface area (Å²) in [6.45, 7) is 0. The molecular weight excluding hydrogens is 297 g/mol. The van der Waals surface area contributed by atoms with Gasteiger partial charge in [-0.15, -0.1) is 11.3 Å². The summed E-state index contributed by atoms with van der Waals surface area (Å²) in [5, 5.41) is 12.9. The monoisotopic (exact) mass is 308 g/mol. The van der Waals surface area contributed by atoms with E-state index in [0.717, 1.165) is 15.6 Å². The summed E-state index contributed by atoms with van der Waals surface area (Å²) in [4.78, 5) is 0. The second kappa shape index (κ2) is 5.50. The van der Waals surface area contributed by atoms with Gasteiger partial charge in [0.25, 0.3) is 0 Å². The minimum atomic E-state index is -1.36. The number of aliphatic hydroxyl groups is 1. The number of aliphatic hydroxyl groups excluding tert-OH is 1. The number of rotatable bonds is 3. The molecule has 3 rings (SSSR count). The van der Waals surface area contributed by atoms with Gasteiger partial charge >= 0.3 is 0 Å². The van der Waals surface area contributed by atoms with E-state index in [4.69, 9.17) is 0 Å². The average Bonchev–Trinajstić information content (AvgIpc) is 2.81. The van der Waals surface area contributed by atoms with E-state index in [2.05, 4.69) is 0 Å². The first-order valence-electron chi connectivity index (χ1n) is 6.34. The lowest BCUT2D eigenvalue weighted by Crippen LogP contribution is -2.07. The smallest absolute Gasteiger partial charge is 0.134 e. The van der Waals surface area contributed by atoms with E-state index in [1.165, 1.54) is 11.3 Å². The van der Waals surface area contributed by atoms with Crippen LogP contribution in [0.3, 0.4) is 0 Å². The molecule has 0 amide bonds. The fourth-order valence-electron chi connectivity index (χ4n) is 2.37. The van der Waals surface area contributed by atoms with Crippen LogP contribution < -0.4 is 0 Å². The molecule has 1 unspecified atom stereocenters. The van der Waals surface area contributed by atoms with E-state index in [1.54, 1.807) is 0 Å². The van der Waals surface area contributed by atoms with Crippen LogP contribution in [0, 0.1) is 17.5 Å². The summed E-state index contributed by atoms with van der Waals surface area (Å²) in [5.41, 5.74) is 0.318. The highest BCUT2D eigenvalue weighted by Crippen LogP contribution is 2.31. The molecule has 5 heteroatoms. The van der Waals surface area contributed by atoms with Crippen molar-refractivity contribution in [2.24, 2.45) is 0 Å². The van der Waals surface area contributed by atoms with Crippen molar-refractivity contribution in [3.63, 3.8) is 0 Å². The van der Waals surface area contributed by atoms with Gasteiger partial charge in [0.2, 0.25) is 0 Å². The van der Waals surface area contributed by atoms with Gasteiger partial charge in [-0.05, 0) is 22.4 Å². The fourth-order valence-corrected chi connectivity index (χ4v) is 3.35. The number of hydrogen-bond acceptors (Lipinski definition) is 2. The predicted molar refractivity (Wildman–Crippen MR) is 76.8 cm³/mol. The Bertz CT molecular complexity index is 774. The van der Waals surface area contributed by atoms with E-state index in [-0.39, 0.29) is 6.42 Å². The van der Waals surface area contributed by atoms with Gasteiger partial charge in [0.1, 0.15) is 17.5 Å². The number of thiophene rings is 1. The van der Waals surface area contributed by atoms with Crippen LogP contribution in [0.2, 0.25) is 0 Å². The van der Waals surface area contributed by atoms with E-state index in [9.17, 15) is 18.3 Å². The molecule has 0 saturated heterocycles. The number of benzene rings is 2. The number of hydrogen-bond donors (Lipinski definition) is 1.